The Labute approximate surface area is 202 Å². The summed E-state index contributed by atoms with van der Waals surface area (Å²) in [4.78, 5) is 37.9. The van der Waals surface area contributed by atoms with Crippen molar-refractivity contribution in [3.8, 4) is 5.75 Å². The van der Waals surface area contributed by atoms with Crippen LogP contribution in [0, 0.1) is 0 Å². The third-order valence-electron chi connectivity index (χ3n) is 5.22. The summed E-state index contributed by atoms with van der Waals surface area (Å²) >= 11 is 0. The molecule has 0 aliphatic rings. The molecule has 3 amide bonds. The van der Waals surface area contributed by atoms with Crippen LogP contribution in [-0.2, 0) is 16.0 Å². The van der Waals surface area contributed by atoms with Crippen molar-refractivity contribution in [3.63, 3.8) is 0 Å². The van der Waals surface area contributed by atoms with Gasteiger partial charge in [-0.05, 0) is 54.1 Å². The van der Waals surface area contributed by atoms with Crippen LogP contribution < -0.4 is 15.4 Å². The van der Waals surface area contributed by atoms with E-state index in [2.05, 4.69) is 10.6 Å². The number of nitrogens with one attached hydrogen (secondary N) is 2. The monoisotopic (exact) mass is 471 g/mol. The number of benzene rings is 3. The van der Waals surface area contributed by atoms with Crippen LogP contribution in [0.5, 0.6) is 5.75 Å². The van der Waals surface area contributed by atoms with Gasteiger partial charge in [-0.2, -0.15) is 0 Å². The molecule has 178 valence electrons. The summed E-state index contributed by atoms with van der Waals surface area (Å²) < 4.78 is 11.0. The number of amides is 3. The van der Waals surface area contributed by atoms with E-state index in [1.807, 2.05) is 24.3 Å². The fraction of sp³-hybridized carbons (Fsp3) is 0.148. The van der Waals surface area contributed by atoms with Crippen LogP contribution in [0.2, 0.25) is 0 Å². The summed E-state index contributed by atoms with van der Waals surface area (Å²) in [6, 6.07) is 23.0. The van der Waals surface area contributed by atoms with Crippen molar-refractivity contribution >= 4 is 40.1 Å². The van der Waals surface area contributed by atoms with E-state index in [1.54, 1.807) is 68.7 Å². The number of likely N-dealkylation sites (N-methyl/N-ethyl adjacent to an activating group) is 1. The zero-order valence-electron chi connectivity index (χ0n) is 19.4. The van der Waals surface area contributed by atoms with Gasteiger partial charge in [-0.1, -0.05) is 30.3 Å². The van der Waals surface area contributed by atoms with Gasteiger partial charge in [0.1, 0.15) is 11.3 Å². The number of para-hydroxylation sites is 1. The van der Waals surface area contributed by atoms with Crippen molar-refractivity contribution in [2.24, 2.45) is 0 Å². The number of anilines is 2. The summed E-state index contributed by atoms with van der Waals surface area (Å²) in [7, 11) is 3.33. The first-order chi connectivity index (χ1) is 16.9. The van der Waals surface area contributed by atoms with Gasteiger partial charge >= 0.3 is 0 Å². The maximum absolute atomic E-state index is 12.5. The van der Waals surface area contributed by atoms with Crippen LogP contribution in [0.25, 0.3) is 11.0 Å². The van der Waals surface area contributed by atoms with Gasteiger partial charge in [0.2, 0.25) is 5.91 Å². The van der Waals surface area contributed by atoms with Gasteiger partial charge in [0.25, 0.3) is 11.8 Å². The van der Waals surface area contributed by atoms with Crippen LogP contribution in [0.4, 0.5) is 11.4 Å². The van der Waals surface area contributed by atoms with Crippen molar-refractivity contribution in [2.75, 3.05) is 31.3 Å². The molecule has 35 heavy (non-hydrogen) atoms. The highest BCUT2D eigenvalue weighted by atomic mass is 16.5. The molecule has 0 unspecified atom stereocenters. The minimum absolute atomic E-state index is 0.0482. The summed E-state index contributed by atoms with van der Waals surface area (Å²) in [5.74, 6) is 0.113. The van der Waals surface area contributed by atoms with Crippen molar-refractivity contribution < 1.29 is 23.5 Å². The molecule has 0 aliphatic carbocycles. The third-order valence-corrected chi connectivity index (χ3v) is 5.22. The predicted molar refractivity (Wildman–Crippen MR) is 134 cm³/mol. The smallest absolute Gasteiger partial charge is 0.291 e. The van der Waals surface area contributed by atoms with E-state index in [9.17, 15) is 14.4 Å². The maximum atomic E-state index is 12.5. The van der Waals surface area contributed by atoms with Gasteiger partial charge in [0, 0.05) is 30.9 Å². The van der Waals surface area contributed by atoms with Gasteiger partial charge in [0.05, 0.1) is 6.42 Å². The molecule has 0 spiro atoms. The maximum Gasteiger partial charge on any atom is 0.291 e. The molecule has 4 aromatic rings. The number of hydrogen-bond donors (Lipinski definition) is 2. The number of nitrogens with zero attached hydrogens (tertiary/aromatic N) is 1. The number of fused-ring (bicyclic) bond motifs is 1. The number of hydrogen-bond acceptors (Lipinski definition) is 5. The fourth-order valence-corrected chi connectivity index (χ4v) is 3.29. The Morgan fingerprint density at radius 1 is 0.857 bits per heavy atom. The lowest BCUT2D eigenvalue weighted by molar-refractivity contribution is -0.130. The molecule has 1 heterocycles. The molecule has 3 aromatic carbocycles. The fourth-order valence-electron chi connectivity index (χ4n) is 3.29. The lowest BCUT2D eigenvalue weighted by atomic mass is 10.1. The van der Waals surface area contributed by atoms with E-state index in [0.29, 0.717) is 22.7 Å². The standard InChI is InChI=1S/C27H25N3O5/c1-30(2)26(32)17-34-22-13-11-20(12-14-22)28-25(31)15-18-7-9-21(10-8-18)29-27(33)24-16-19-5-3-4-6-23(19)35-24/h3-14,16H,15,17H2,1-2H3,(H,28,31)(H,29,33). The van der Waals surface area contributed by atoms with E-state index in [-0.39, 0.29) is 36.5 Å². The Bertz CT molecular complexity index is 1310. The SMILES string of the molecule is CN(C)C(=O)COc1ccc(NC(=O)Cc2ccc(NC(=O)c3cc4ccccc4o3)cc2)cc1. The Morgan fingerprint density at radius 3 is 2.20 bits per heavy atom. The molecule has 0 saturated carbocycles. The molecule has 4 rings (SSSR count). The molecule has 0 bridgehead atoms. The van der Waals surface area contributed by atoms with Crippen LogP contribution in [0.15, 0.2) is 83.3 Å². The van der Waals surface area contributed by atoms with E-state index >= 15 is 0 Å². The third kappa shape index (κ3) is 6.26. The zero-order valence-corrected chi connectivity index (χ0v) is 19.4. The van der Waals surface area contributed by atoms with E-state index < -0.39 is 0 Å². The lowest BCUT2D eigenvalue weighted by Crippen LogP contribution is -2.27. The molecule has 0 aliphatic heterocycles. The van der Waals surface area contributed by atoms with Crippen molar-refractivity contribution in [1.29, 1.82) is 0 Å². The Balaban J connectivity index is 1.27. The van der Waals surface area contributed by atoms with Gasteiger partial charge in [0.15, 0.2) is 12.4 Å². The van der Waals surface area contributed by atoms with Gasteiger partial charge in [-0.15, -0.1) is 0 Å². The molecule has 8 nitrogen and oxygen atoms in total. The number of carbonyl (C=O) groups is 3. The Hall–Kier alpha value is -4.59. The minimum atomic E-state index is -0.342. The quantitative estimate of drug-likeness (QED) is 0.398. The molecule has 0 fully saturated rings. The molecular formula is C27H25N3O5. The van der Waals surface area contributed by atoms with Crippen LogP contribution in [0.1, 0.15) is 16.1 Å². The van der Waals surface area contributed by atoms with Gasteiger partial charge < -0.3 is 24.7 Å². The largest absolute Gasteiger partial charge is 0.484 e. The average molecular weight is 472 g/mol. The Kier molecular flexibility index (Phi) is 7.11. The number of carbonyl (C=O) groups excluding carboxylic acids is 3. The minimum Gasteiger partial charge on any atom is -0.484 e. The summed E-state index contributed by atoms with van der Waals surface area (Å²) in [6.07, 6.45) is 0.174. The van der Waals surface area contributed by atoms with Crippen LogP contribution >= 0.6 is 0 Å². The number of furan rings is 1. The highest BCUT2D eigenvalue weighted by Crippen LogP contribution is 2.20. The second-order valence-corrected chi connectivity index (χ2v) is 8.13. The predicted octanol–water partition coefficient (Wildman–Crippen LogP) is 4.33. The average Bonchev–Trinajstić information content (AvgIpc) is 3.29. The molecular weight excluding hydrogens is 446 g/mol. The normalized spacial score (nSPS) is 10.6. The molecule has 2 N–H and O–H groups in total. The summed E-state index contributed by atoms with van der Waals surface area (Å²) in [5, 5.41) is 6.49. The highest BCUT2D eigenvalue weighted by molar-refractivity contribution is 6.04. The lowest BCUT2D eigenvalue weighted by Gasteiger charge is -2.12. The van der Waals surface area contributed by atoms with Gasteiger partial charge in [-0.25, -0.2) is 0 Å². The first-order valence-corrected chi connectivity index (χ1v) is 11.0. The topological polar surface area (TPSA) is 101 Å². The number of rotatable bonds is 8. The molecule has 0 saturated heterocycles. The highest BCUT2D eigenvalue weighted by Gasteiger charge is 2.13. The molecule has 8 heteroatoms. The molecule has 0 radical (unpaired) electrons. The number of ether oxygens (including phenoxy) is 1. The zero-order chi connectivity index (χ0) is 24.8. The van der Waals surface area contributed by atoms with Crippen molar-refractivity contribution in [3.05, 3.63) is 90.2 Å². The molecule has 1 aromatic heterocycles. The Morgan fingerprint density at radius 2 is 1.51 bits per heavy atom. The molecule has 0 atom stereocenters. The summed E-state index contributed by atoms with van der Waals surface area (Å²) in [6.45, 7) is -0.0482. The van der Waals surface area contributed by atoms with Crippen LogP contribution in [-0.4, -0.2) is 43.3 Å². The van der Waals surface area contributed by atoms with E-state index in [1.165, 1.54) is 4.90 Å². The van der Waals surface area contributed by atoms with Crippen molar-refractivity contribution in [1.82, 2.24) is 4.90 Å². The first-order valence-electron chi connectivity index (χ1n) is 11.0. The van der Waals surface area contributed by atoms with E-state index in [4.69, 9.17) is 9.15 Å². The first kappa shape index (κ1) is 23.6. The summed E-state index contributed by atoms with van der Waals surface area (Å²) in [5.41, 5.74) is 2.67. The van der Waals surface area contributed by atoms with Gasteiger partial charge in [-0.3, -0.25) is 14.4 Å². The van der Waals surface area contributed by atoms with Crippen LogP contribution in [0.3, 0.4) is 0 Å². The van der Waals surface area contributed by atoms with E-state index in [0.717, 1.165) is 10.9 Å². The second-order valence-electron chi connectivity index (χ2n) is 8.13. The van der Waals surface area contributed by atoms with Crippen molar-refractivity contribution in [2.45, 2.75) is 6.42 Å². The second kappa shape index (κ2) is 10.6.